The fourth-order valence-corrected chi connectivity index (χ4v) is 3.20. The van der Waals surface area contributed by atoms with Gasteiger partial charge in [-0.05, 0) is 68.3 Å². The minimum atomic E-state index is -0.652. The van der Waals surface area contributed by atoms with E-state index < -0.39 is 5.54 Å². The molecule has 2 heterocycles. The highest BCUT2D eigenvalue weighted by atomic mass is 16.7. The predicted molar refractivity (Wildman–Crippen MR) is 111 cm³/mol. The Bertz CT molecular complexity index is 1100. The second kappa shape index (κ2) is 7.59. The van der Waals surface area contributed by atoms with Crippen LogP contribution in [-0.4, -0.2) is 18.6 Å². The minimum Gasteiger partial charge on any atom is -0.459 e. The Kier molecular flexibility index (Phi) is 4.95. The Balaban J connectivity index is 1.52. The van der Waals surface area contributed by atoms with Crippen LogP contribution in [0.5, 0.6) is 11.5 Å². The molecule has 154 valence electrons. The smallest absolute Gasteiger partial charge is 0.291 e. The Morgan fingerprint density at radius 2 is 1.77 bits per heavy atom. The summed E-state index contributed by atoms with van der Waals surface area (Å²) in [5.74, 6) is 0.921. The van der Waals surface area contributed by atoms with E-state index in [4.69, 9.17) is 13.9 Å². The largest absolute Gasteiger partial charge is 0.459 e. The Hall–Kier alpha value is -3.74. The van der Waals surface area contributed by atoms with Crippen LogP contribution in [-0.2, 0) is 5.54 Å². The summed E-state index contributed by atoms with van der Waals surface area (Å²) < 4.78 is 15.9. The van der Waals surface area contributed by atoms with Crippen molar-refractivity contribution in [2.24, 2.45) is 0 Å². The van der Waals surface area contributed by atoms with Gasteiger partial charge in [0, 0.05) is 11.3 Å². The third-order valence-electron chi connectivity index (χ3n) is 5.01. The Morgan fingerprint density at radius 3 is 2.53 bits per heavy atom. The molecular weight excluding hydrogens is 384 g/mol. The number of benzene rings is 2. The molecule has 0 atom stereocenters. The summed E-state index contributed by atoms with van der Waals surface area (Å²) in [6.07, 6.45) is 1.43. The molecule has 1 aliphatic heterocycles. The summed E-state index contributed by atoms with van der Waals surface area (Å²) in [5, 5.41) is 5.83. The molecule has 2 aromatic carbocycles. The normalized spacial score (nSPS) is 12.5. The zero-order chi connectivity index (χ0) is 21.3. The number of rotatable bonds is 5. The van der Waals surface area contributed by atoms with Gasteiger partial charge in [-0.15, -0.1) is 0 Å². The van der Waals surface area contributed by atoms with Gasteiger partial charge in [0.2, 0.25) is 6.79 Å². The molecule has 2 amide bonds. The van der Waals surface area contributed by atoms with Crippen LogP contribution < -0.4 is 20.1 Å². The quantitative estimate of drug-likeness (QED) is 0.662. The first-order chi connectivity index (χ1) is 14.3. The fraction of sp³-hybridized carbons (Fsp3) is 0.217. The van der Waals surface area contributed by atoms with E-state index in [1.165, 1.54) is 6.26 Å². The van der Waals surface area contributed by atoms with Crippen LogP contribution in [0.1, 0.15) is 45.9 Å². The molecule has 3 aromatic rings. The summed E-state index contributed by atoms with van der Waals surface area (Å²) in [6, 6.07) is 14.0. The maximum Gasteiger partial charge on any atom is 0.291 e. The van der Waals surface area contributed by atoms with Crippen molar-refractivity contribution in [3.8, 4) is 11.5 Å². The summed E-state index contributed by atoms with van der Waals surface area (Å²) in [5.41, 5.74) is 2.05. The monoisotopic (exact) mass is 406 g/mol. The first kappa shape index (κ1) is 19.6. The first-order valence-corrected chi connectivity index (χ1v) is 9.52. The molecule has 0 fully saturated rings. The van der Waals surface area contributed by atoms with Crippen molar-refractivity contribution in [1.82, 2.24) is 5.32 Å². The number of furan rings is 1. The lowest BCUT2D eigenvalue weighted by Crippen LogP contribution is -2.41. The number of hydrogen-bond donors (Lipinski definition) is 2. The van der Waals surface area contributed by atoms with E-state index in [0.717, 1.165) is 11.1 Å². The highest BCUT2D eigenvalue weighted by molar-refractivity contribution is 6.04. The first-order valence-electron chi connectivity index (χ1n) is 9.52. The van der Waals surface area contributed by atoms with Crippen molar-refractivity contribution in [3.63, 3.8) is 0 Å². The molecule has 0 bridgehead atoms. The van der Waals surface area contributed by atoms with E-state index in [-0.39, 0.29) is 24.4 Å². The molecule has 0 aliphatic carbocycles. The lowest BCUT2D eigenvalue weighted by atomic mass is 9.93. The zero-order valence-electron chi connectivity index (χ0n) is 16.9. The van der Waals surface area contributed by atoms with Gasteiger partial charge in [0.1, 0.15) is 0 Å². The summed E-state index contributed by atoms with van der Waals surface area (Å²) in [4.78, 5) is 25.2. The van der Waals surface area contributed by atoms with Crippen LogP contribution in [0, 0.1) is 6.92 Å². The Morgan fingerprint density at radius 1 is 0.967 bits per heavy atom. The molecule has 1 aliphatic rings. The lowest BCUT2D eigenvalue weighted by Gasteiger charge is -2.27. The van der Waals surface area contributed by atoms with Gasteiger partial charge in [-0.3, -0.25) is 9.59 Å². The van der Waals surface area contributed by atoms with Crippen molar-refractivity contribution in [2.75, 3.05) is 12.1 Å². The molecule has 7 heteroatoms. The second-order valence-electron chi connectivity index (χ2n) is 7.61. The zero-order valence-corrected chi connectivity index (χ0v) is 16.9. The number of amides is 2. The molecule has 0 radical (unpaired) electrons. The van der Waals surface area contributed by atoms with E-state index in [1.807, 2.05) is 39.0 Å². The van der Waals surface area contributed by atoms with Crippen LogP contribution in [0.3, 0.4) is 0 Å². The van der Waals surface area contributed by atoms with Crippen LogP contribution in [0.4, 0.5) is 5.69 Å². The number of anilines is 1. The van der Waals surface area contributed by atoms with Gasteiger partial charge in [0.25, 0.3) is 11.8 Å². The highest BCUT2D eigenvalue weighted by Gasteiger charge is 2.26. The minimum absolute atomic E-state index is 0.196. The lowest BCUT2D eigenvalue weighted by molar-refractivity contribution is 0.0910. The van der Waals surface area contributed by atoms with Crippen LogP contribution in [0.2, 0.25) is 0 Å². The maximum absolute atomic E-state index is 12.9. The predicted octanol–water partition coefficient (Wildman–Crippen LogP) is 4.23. The molecule has 30 heavy (non-hydrogen) atoms. The number of nitrogens with one attached hydrogen (secondary N) is 2. The molecular formula is C23H22N2O5. The van der Waals surface area contributed by atoms with E-state index in [0.29, 0.717) is 22.7 Å². The molecule has 1 aromatic heterocycles. The number of hydrogen-bond acceptors (Lipinski definition) is 5. The summed E-state index contributed by atoms with van der Waals surface area (Å²) >= 11 is 0. The number of carbonyl (C=O) groups excluding carboxylic acids is 2. The van der Waals surface area contributed by atoms with Gasteiger partial charge in [-0.25, -0.2) is 0 Å². The molecule has 0 saturated carbocycles. The number of aryl methyl sites for hydroxylation is 1. The van der Waals surface area contributed by atoms with Crippen LogP contribution in [0.15, 0.2) is 59.2 Å². The molecule has 7 nitrogen and oxygen atoms in total. The van der Waals surface area contributed by atoms with Crippen LogP contribution >= 0.6 is 0 Å². The van der Waals surface area contributed by atoms with Gasteiger partial charge < -0.3 is 24.5 Å². The van der Waals surface area contributed by atoms with Gasteiger partial charge in [-0.1, -0.05) is 12.1 Å². The standard InChI is InChI=1S/C23H22N2O5/c1-14-6-7-15(11-17(14)24-22(27)19-5-4-10-28-19)21(26)25-23(2,3)16-8-9-18-20(12-16)30-13-29-18/h4-12H,13H2,1-3H3,(H,24,27)(H,25,26). The van der Waals surface area contributed by atoms with Gasteiger partial charge >= 0.3 is 0 Å². The van der Waals surface area contributed by atoms with Gasteiger partial charge in [0.05, 0.1) is 11.8 Å². The van der Waals surface area contributed by atoms with Gasteiger partial charge in [0.15, 0.2) is 17.3 Å². The van der Waals surface area contributed by atoms with E-state index in [2.05, 4.69) is 10.6 Å². The maximum atomic E-state index is 12.9. The average molecular weight is 406 g/mol. The molecule has 0 unspecified atom stereocenters. The second-order valence-corrected chi connectivity index (χ2v) is 7.61. The van der Waals surface area contributed by atoms with Crippen molar-refractivity contribution < 1.29 is 23.5 Å². The van der Waals surface area contributed by atoms with Crippen molar-refractivity contribution >= 4 is 17.5 Å². The number of ether oxygens (including phenoxy) is 2. The summed E-state index contributed by atoms with van der Waals surface area (Å²) in [7, 11) is 0. The molecule has 0 saturated heterocycles. The van der Waals surface area contributed by atoms with Gasteiger partial charge in [-0.2, -0.15) is 0 Å². The van der Waals surface area contributed by atoms with E-state index in [1.54, 1.807) is 30.3 Å². The van der Waals surface area contributed by atoms with Crippen molar-refractivity contribution in [1.29, 1.82) is 0 Å². The highest BCUT2D eigenvalue weighted by Crippen LogP contribution is 2.35. The number of carbonyl (C=O) groups is 2. The fourth-order valence-electron chi connectivity index (χ4n) is 3.20. The van der Waals surface area contributed by atoms with Crippen LogP contribution in [0.25, 0.3) is 0 Å². The third kappa shape index (κ3) is 3.87. The third-order valence-corrected chi connectivity index (χ3v) is 5.01. The summed E-state index contributed by atoms with van der Waals surface area (Å²) in [6.45, 7) is 5.88. The molecule has 2 N–H and O–H groups in total. The SMILES string of the molecule is Cc1ccc(C(=O)NC(C)(C)c2ccc3c(c2)OCO3)cc1NC(=O)c1ccco1. The average Bonchev–Trinajstić information content (AvgIpc) is 3.40. The molecule has 0 spiro atoms. The van der Waals surface area contributed by atoms with Crippen molar-refractivity contribution in [2.45, 2.75) is 26.3 Å². The van der Waals surface area contributed by atoms with E-state index in [9.17, 15) is 9.59 Å². The Labute approximate surface area is 174 Å². The van der Waals surface area contributed by atoms with E-state index >= 15 is 0 Å². The topological polar surface area (TPSA) is 89.8 Å². The number of fused-ring (bicyclic) bond motifs is 1. The molecule has 4 rings (SSSR count). The van der Waals surface area contributed by atoms with Crippen molar-refractivity contribution in [3.05, 3.63) is 77.2 Å².